The molecule has 2 heteroatoms. The van der Waals surface area contributed by atoms with E-state index in [1.165, 1.54) is 49.8 Å². The molecule has 100 valence electrons. The van der Waals surface area contributed by atoms with E-state index in [2.05, 4.69) is 36.5 Å². The van der Waals surface area contributed by atoms with E-state index >= 15 is 0 Å². The van der Waals surface area contributed by atoms with Crippen molar-refractivity contribution >= 4 is 5.69 Å². The van der Waals surface area contributed by atoms with Crippen LogP contribution in [0.3, 0.4) is 0 Å². The maximum atomic E-state index is 5.82. The molecule has 0 amide bonds. The lowest BCUT2D eigenvalue weighted by Gasteiger charge is -2.20. The normalized spacial score (nSPS) is 23.2. The number of rotatable bonds is 6. The van der Waals surface area contributed by atoms with Crippen molar-refractivity contribution in [3.63, 3.8) is 0 Å². The largest absolute Gasteiger partial charge is 0.382 e. The summed E-state index contributed by atoms with van der Waals surface area (Å²) >= 11 is 0. The molecule has 0 bridgehead atoms. The van der Waals surface area contributed by atoms with Gasteiger partial charge in [-0.1, -0.05) is 31.9 Å². The highest BCUT2D eigenvalue weighted by Gasteiger charge is 2.25. The summed E-state index contributed by atoms with van der Waals surface area (Å²) in [4.78, 5) is 0. The van der Waals surface area contributed by atoms with Crippen LogP contribution in [0.25, 0.3) is 0 Å². The van der Waals surface area contributed by atoms with E-state index < -0.39 is 0 Å². The fourth-order valence-electron chi connectivity index (χ4n) is 2.87. The molecule has 2 unspecified atom stereocenters. The summed E-state index contributed by atoms with van der Waals surface area (Å²) in [6.07, 6.45) is 7.60. The van der Waals surface area contributed by atoms with Gasteiger partial charge in [0.25, 0.3) is 0 Å². The smallest absolute Gasteiger partial charge is 0.0342 e. The minimum atomic E-state index is 0.580. The minimum Gasteiger partial charge on any atom is -0.382 e. The summed E-state index contributed by atoms with van der Waals surface area (Å²) < 4.78 is 0. The predicted octanol–water partition coefficient (Wildman–Crippen LogP) is 3.57. The summed E-state index contributed by atoms with van der Waals surface area (Å²) in [6, 6.07) is 9.53. The molecule has 0 aliphatic heterocycles. The Morgan fingerprint density at radius 3 is 2.67 bits per heavy atom. The van der Waals surface area contributed by atoms with Crippen LogP contribution in [0.1, 0.15) is 44.6 Å². The second kappa shape index (κ2) is 6.79. The van der Waals surface area contributed by atoms with Crippen molar-refractivity contribution in [3.05, 3.63) is 29.8 Å². The van der Waals surface area contributed by atoms with Crippen molar-refractivity contribution in [1.82, 2.24) is 0 Å². The Labute approximate surface area is 111 Å². The van der Waals surface area contributed by atoms with Crippen LogP contribution < -0.4 is 11.1 Å². The first-order valence-corrected chi connectivity index (χ1v) is 7.39. The molecule has 2 nitrogen and oxygen atoms in total. The van der Waals surface area contributed by atoms with Crippen LogP contribution in [-0.2, 0) is 6.42 Å². The van der Waals surface area contributed by atoms with Gasteiger partial charge in [0.1, 0.15) is 0 Å². The molecule has 1 aromatic rings. The second-order valence-corrected chi connectivity index (χ2v) is 5.48. The van der Waals surface area contributed by atoms with Gasteiger partial charge in [-0.25, -0.2) is 0 Å². The van der Waals surface area contributed by atoms with Gasteiger partial charge in [0.2, 0.25) is 0 Å². The standard InChI is InChI=1S/C16H26N2/c1-2-3-5-13-8-10-15(11-9-13)18-16-7-4-6-14(16)12-17/h8-11,14,16,18H,2-7,12,17H2,1H3. The van der Waals surface area contributed by atoms with E-state index in [0.29, 0.717) is 12.0 Å². The Kier molecular flexibility index (Phi) is 5.06. The molecule has 0 radical (unpaired) electrons. The van der Waals surface area contributed by atoms with Gasteiger partial charge >= 0.3 is 0 Å². The molecular formula is C16H26N2. The van der Waals surface area contributed by atoms with E-state index in [0.717, 1.165) is 6.54 Å². The fraction of sp³-hybridized carbons (Fsp3) is 0.625. The van der Waals surface area contributed by atoms with Gasteiger partial charge in [0, 0.05) is 11.7 Å². The Hall–Kier alpha value is -1.02. The number of benzene rings is 1. The molecular weight excluding hydrogens is 220 g/mol. The number of anilines is 1. The number of unbranched alkanes of at least 4 members (excludes halogenated alkanes) is 1. The van der Waals surface area contributed by atoms with E-state index in [1.54, 1.807) is 0 Å². The van der Waals surface area contributed by atoms with Crippen LogP contribution in [0.5, 0.6) is 0 Å². The Morgan fingerprint density at radius 2 is 2.00 bits per heavy atom. The number of nitrogens with one attached hydrogen (secondary N) is 1. The Morgan fingerprint density at radius 1 is 1.22 bits per heavy atom. The van der Waals surface area contributed by atoms with Crippen molar-refractivity contribution < 1.29 is 0 Å². The van der Waals surface area contributed by atoms with Crippen molar-refractivity contribution in [2.45, 2.75) is 51.5 Å². The average molecular weight is 246 g/mol. The van der Waals surface area contributed by atoms with Gasteiger partial charge < -0.3 is 11.1 Å². The lowest BCUT2D eigenvalue weighted by molar-refractivity contribution is 0.516. The molecule has 1 aromatic carbocycles. The number of nitrogens with two attached hydrogens (primary N) is 1. The second-order valence-electron chi connectivity index (χ2n) is 5.48. The van der Waals surface area contributed by atoms with Crippen LogP contribution in [0.2, 0.25) is 0 Å². The molecule has 1 aliphatic rings. The first-order chi connectivity index (χ1) is 8.83. The topological polar surface area (TPSA) is 38.0 Å². The quantitative estimate of drug-likeness (QED) is 0.805. The van der Waals surface area contributed by atoms with E-state index in [4.69, 9.17) is 5.73 Å². The fourth-order valence-corrected chi connectivity index (χ4v) is 2.87. The van der Waals surface area contributed by atoms with Crippen molar-refractivity contribution in [2.24, 2.45) is 11.7 Å². The lowest BCUT2D eigenvalue weighted by Crippen LogP contribution is -2.29. The third-order valence-corrected chi connectivity index (χ3v) is 4.09. The third kappa shape index (κ3) is 3.49. The van der Waals surface area contributed by atoms with E-state index in [-0.39, 0.29) is 0 Å². The number of aryl methyl sites for hydroxylation is 1. The van der Waals surface area contributed by atoms with Gasteiger partial charge in [-0.15, -0.1) is 0 Å². The van der Waals surface area contributed by atoms with Gasteiger partial charge in [-0.3, -0.25) is 0 Å². The molecule has 18 heavy (non-hydrogen) atoms. The average Bonchev–Trinajstić information content (AvgIpc) is 2.85. The molecule has 2 rings (SSSR count). The molecule has 0 heterocycles. The minimum absolute atomic E-state index is 0.580. The van der Waals surface area contributed by atoms with Gasteiger partial charge in [0.05, 0.1) is 0 Å². The monoisotopic (exact) mass is 246 g/mol. The van der Waals surface area contributed by atoms with Gasteiger partial charge in [0.15, 0.2) is 0 Å². The summed E-state index contributed by atoms with van der Waals surface area (Å²) in [5.41, 5.74) is 8.52. The summed E-state index contributed by atoms with van der Waals surface area (Å²) in [7, 11) is 0. The van der Waals surface area contributed by atoms with Crippen molar-refractivity contribution in [1.29, 1.82) is 0 Å². The SMILES string of the molecule is CCCCc1ccc(NC2CCCC2CN)cc1. The number of hydrogen-bond acceptors (Lipinski definition) is 2. The molecule has 0 saturated heterocycles. The molecule has 3 N–H and O–H groups in total. The molecule has 1 aliphatic carbocycles. The van der Waals surface area contributed by atoms with Crippen molar-refractivity contribution in [2.75, 3.05) is 11.9 Å². The van der Waals surface area contributed by atoms with Crippen LogP contribution >= 0.6 is 0 Å². The molecule has 1 saturated carbocycles. The van der Waals surface area contributed by atoms with E-state index in [9.17, 15) is 0 Å². The summed E-state index contributed by atoms with van der Waals surface area (Å²) in [6.45, 7) is 3.05. The van der Waals surface area contributed by atoms with Crippen LogP contribution in [0.15, 0.2) is 24.3 Å². The highest BCUT2D eigenvalue weighted by atomic mass is 14.9. The zero-order valence-electron chi connectivity index (χ0n) is 11.5. The third-order valence-electron chi connectivity index (χ3n) is 4.09. The predicted molar refractivity (Wildman–Crippen MR) is 78.9 cm³/mol. The number of hydrogen-bond donors (Lipinski definition) is 2. The Balaban J connectivity index is 1.89. The maximum Gasteiger partial charge on any atom is 0.0342 e. The highest BCUT2D eigenvalue weighted by Crippen LogP contribution is 2.27. The summed E-state index contributed by atoms with van der Waals surface area (Å²) in [5.74, 6) is 0.657. The highest BCUT2D eigenvalue weighted by molar-refractivity contribution is 5.45. The first-order valence-electron chi connectivity index (χ1n) is 7.39. The van der Waals surface area contributed by atoms with Gasteiger partial charge in [-0.2, -0.15) is 0 Å². The molecule has 0 aromatic heterocycles. The summed E-state index contributed by atoms with van der Waals surface area (Å²) in [5, 5.41) is 3.65. The van der Waals surface area contributed by atoms with E-state index in [1.807, 2.05) is 0 Å². The lowest BCUT2D eigenvalue weighted by atomic mass is 10.0. The molecule has 2 atom stereocenters. The van der Waals surface area contributed by atoms with Crippen LogP contribution in [0.4, 0.5) is 5.69 Å². The van der Waals surface area contributed by atoms with Crippen LogP contribution in [-0.4, -0.2) is 12.6 Å². The maximum absolute atomic E-state index is 5.82. The zero-order chi connectivity index (χ0) is 12.8. The van der Waals surface area contributed by atoms with Crippen molar-refractivity contribution in [3.8, 4) is 0 Å². The Bertz CT molecular complexity index is 345. The van der Waals surface area contributed by atoms with Gasteiger partial charge in [-0.05, 0) is 55.8 Å². The molecule has 1 fully saturated rings. The zero-order valence-corrected chi connectivity index (χ0v) is 11.5. The molecule has 0 spiro atoms. The first kappa shape index (κ1) is 13.4. The van der Waals surface area contributed by atoms with Crippen LogP contribution in [0, 0.1) is 5.92 Å².